The van der Waals surface area contributed by atoms with E-state index in [0.29, 0.717) is 4.90 Å². The predicted molar refractivity (Wildman–Crippen MR) is 58.7 cm³/mol. The van der Waals surface area contributed by atoms with Crippen LogP contribution in [0, 0.1) is 15.9 Å². The standard InChI is InChI=1S/C10H12FNO2S/c1-2-3-4-15-10-6-8(11)5-9(7-10)12(13)14/h5-7H,2-4H2,1H3. The number of unbranched alkanes of at least 4 members (excludes halogenated alkanes) is 1. The lowest BCUT2D eigenvalue weighted by Crippen LogP contribution is -1.90. The van der Waals surface area contributed by atoms with Gasteiger partial charge < -0.3 is 0 Å². The zero-order valence-corrected chi connectivity index (χ0v) is 9.22. The number of nitrogens with zero attached hydrogens (tertiary/aromatic N) is 1. The largest absolute Gasteiger partial charge is 0.273 e. The molecule has 0 fully saturated rings. The molecule has 82 valence electrons. The fourth-order valence-electron chi connectivity index (χ4n) is 1.07. The van der Waals surface area contributed by atoms with Crippen LogP contribution in [0.1, 0.15) is 19.8 Å². The number of nitro groups is 1. The van der Waals surface area contributed by atoms with Crippen LogP contribution in [0.5, 0.6) is 0 Å². The number of nitro benzene ring substituents is 1. The van der Waals surface area contributed by atoms with Gasteiger partial charge in [0.15, 0.2) is 0 Å². The second-order valence-electron chi connectivity index (χ2n) is 3.10. The monoisotopic (exact) mass is 229 g/mol. The van der Waals surface area contributed by atoms with Gasteiger partial charge in [0.1, 0.15) is 5.82 Å². The summed E-state index contributed by atoms with van der Waals surface area (Å²) in [5.41, 5.74) is -0.186. The van der Waals surface area contributed by atoms with Gasteiger partial charge in [0.2, 0.25) is 0 Å². The molecule has 0 atom stereocenters. The lowest BCUT2D eigenvalue weighted by Gasteiger charge is -2.00. The molecule has 0 bridgehead atoms. The van der Waals surface area contributed by atoms with Crippen molar-refractivity contribution < 1.29 is 9.31 Å². The minimum absolute atomic E-state index is 0.186. The highest BCUT2D eigenvalue weighted by Crippen LogP contribution is 2.25. The van der Waals surface area contributed by atoms with Crippen LogP contribution in [0.25, 0.3) is 0 Å². The molecular weight excluding hydrogens is 217 g/mol. The van der Waals surface area contributed by atoms with Crippen molar-refractivity contribution in [1.29, 1.82) is 0 Å². The molecule has 0 unspecified atom stereocenters. The summed E-state index contributed by atoms with van der Waals surface area (Å²) < 4.78 is 13.0. The van der Waals surface area contributed by atoms with Crippen molar-refractivity contribution in [2.24, 2.45) is 0 Å². The molecule has 1 aromatic rings. The maximum absolute atomic E-state index is 13.0. The van der Waals surface area contributed by atoms with E-state index in [9.17, 15) is 14.5 Å². The number of non-ortho nitro benzene ring substituents is 1. The summed E-state index contributed by atoms with van der Waals surface area (Å²) in [4.78, 5) is 10.5. The Kier molecular flexibility index (Phi) is 4.55. The number of rotatable bonds is 5. The van der Waals surface area contributed by atoms with Gasteiger partial charge in [-0.05, 0) is 18.2 Å². The molecule has 0 radical (unpaired) electrons. The summed E-state index contributed by atoms with van der Waals surface area (Å²) >= 11 is 1.45. The van der Waals surface area contributed by atoms with E-state index in [-0.39, 0.29) is 5.69 Å². The Morgan fingerprint density at radius 1 is 1.47 bits per heavy atom. The third-order valence-electron chi connectivity index (χ3n) is 1.83. The van der Waals surface area contributed by atoms with Gasteiger partial charge in [-0.1, -0.05) is 13.3 Å². The van der Waals surface area contributed by atoms with Crippen molar-refractivity contribution >= 4 is 17.4 Å². The highest BCUT2D eigenvalue weighted by Gasteiger charge is 2.09. The summed E-state index contributed by atoms with van der Waals surface area (Å²) in [6, 6.07) is 3.67. The SMILES string of the molecule is CCCCSc1cc(F)cc([N+](=O)[O-])c1. The van der Waals surface area contributed by atoms with Crippen molar-refractivity contribution in [1.82, 2.24) is 0 Å². The molecule has 0 amide bonds. The third-order valence-corrected chi connectivity index (χ3v) is 2.90. The van der Waals surface area contributed by atoms with E-state index in [1.807, 2.05) is 0 Å². The Balaban J connectivity index is 2.75. The number of hydrogen-bond acceptors (Lipinski definition) is 3. The molecule has 0 aliphatic carbocycles. The molecule has 0 N–H and O–H groups in total. The summed E-state index contributed by atoms with van der Waals surface area (Å²) in [5, 5.41) is 10.5. The Bertz CT molecular complexity index is 357. The topological polar surface area (TPSA) is 43.1 Å². The van der Waals surface area contributed by atoms with Crippen molar-refractivity contribution in [2.45, 2.75) is 24.7 Å². The van der Waals surface area contributed by atoms with E-state index >= 15 is 0 Å². The van der Waals surface area contributed by atoms with E-state index in [0.717, 1.165) is 24.7 Å². The zero-order chi connectivity index (χ0) is 11.3. The highest BCUT2D eigenvalue weighted by molar-refractivity contribution is 7.99. The first kappa shape index (κ1) is 12.0. The quantitative estimate of drug-likeness (QED) is 0.335. The van der Waals surface area contributed by atoms with Crippen LogP contribution < -0.4 is 0 Å². The van der Waals surface area contributed by atoms with Crippen LogP contribution in [0.2, 0.25) is 0 Å². The molecule has 0 heterocycles. The normalized spacial score (nSPS) is 10.3. The summed E-state index contributed by atoms with van der Waals surface area (Å²) in [5.74, 6) is 0.306. The molecule has 0 aliphatic heterocycles. The molecular formula is C10H12FNO2S. The maximum atomic E-state index is 13.0. The number of benzene rings is 1. The first-order valence-corrected chi connectivity index (χ1v) is 5.70. The first-order valence-electron chi connectivity index (χ1n) is 4.71. The number of hydrogen-bond donors (Lipinski definition) is 0. The van der Waals surface area contributed by atoms with Crippen LogP contribution in [-0.2, 0) is 0 Å². The minimum Gasteiger partial charge on any atom is -0.258 e. The fraction of sp³-hybridized carbons (Fsp3) is 0.400. The zero-order valence-electron chi connectivity index (χ0n) is 8.40. The van der Waals surface area contributed by atoms with Crippen LogP contribution >= 0.6 is 11.8 Å². The van der Waals surface area contributed by atoms with Crippen molar-refractivity contribution in [2.75, 3.05) is 5.75 Å². The molecule has 0 aliphatic rings. The summed E-state index contributed by atoms with van der Waals surface area (Å²) in [6.07, 6.45) is 2.08. The van der Waals surface area contributed by atoms with Crippen LogP contribution in [0.15, 0.2) is 23.1 Å². The van der Waals surface area contributed by atoms with Gasteiger partial charge in [0.25, 0.3) is 5.69 Å². The Morgan fingerprint density at radius 2 is 2.20 bits per heavy atom. The van der Waals surface area contributed by atoms with Crippen LogP contribution in [-0.4, -0.2) is 10.7 Å². The Morgan fingerprint density at radius 3 is 2.80 bits per heavy atom. The number of halogens is 1. The summed E-state index contributed by atoms with van der Waals surface area (Å²) in [7, 11) is 0. The van der Waals surface area contributed by atoms with E-state index in [1.54, 1.807) is 0 Å². The van der Waals surface area contributed by atoms with Gasteiger partial charge in [0.05, 0.1) is 11.0 Å². The van der Waals surface area contributed by atoms with Crippen LogP contribution in [0.3, 0.4) is 0 Å². The maximum Gasteiger partial charge on any atom is 0.273 e. The third kappa shape index (κ3) is 3.87. The van der Waals surface area contributed by atoms with Gasteiger partial charge in [-0.2, -0.15) is 0 Å². The van der Waals surface area contributed by atoms with Gasteiger partial charge >= 0.3 is 0 Å². The molecule has 15 heavy (non-hydrogen) atoms. The van der Waals surface area contributed by atoms with Crippen LogP contribution in [0.4, 0.5) is 10.1 Å². The Labute approximate surface area is 91.8 Å². The average molecular weight is 229 g/mol. The van der Waals surface area contributed by atoms with Gasteiger partial charge in [0, 0.05) is 11.0 Å². The van der Waals surface area contributed by atoms with E-state index in [1.165, 1.54) is 23.9 Å². The molecule has 0 aromatic heterocycles. The molecule has 5 heteroatoms. The lowest BCUT2D eigenvalue weighted by atomic mass is 10.3. The molecule has 1 aromatic carbocycles. The molecule has 1 rings (SSSR count). The second-order valence-corrected chi connectivity index (χ2v) is 4.27. The minimum atomic E-state index is -0.576. The van der Waals surface area contributed by atoms with E-state index in [2.05, 4.69) is 6.92 Å². The van der Waals surface area contributed by atoms with Crippen molar-refractivity contribution in [3.63, 3.8) is 0 Å². The predicted octanol–water partition coefficient (Wildman–Crippen LogP) is 3.63. The van der Waals surface area contributed by atoms with E-state index in [4.69, 9.17) is 0 Å². The highest BCUT2D eigenvalue weighted by atomic mass is 32.2. The van der Waals surface area contributed by atoms with E-state index < -0.39 is 10.7 Å². The van der Waals surface area contributed by atoms with Gasteiger partial charge in [-0.3, -0.25) is 10.1 Å². The second kappa shape index (κ2) is 5.70. The molecule has 0 saturated carbocycles. The average Bonchev–Trinajstić information content (AvgIpc) is 2.17. The van der Waals surface area contributed by atoms with Crippen molar-refractivity contribution in [3.05, 3.63) is 34.1 Å². The van der Waals surface area contributed by atoms with Crippen molar-refractivity contribution in [3.8, 4) is 0 Å². The molecule has 0 saturated heterocycles. The van der Waals surface area contributed by atoms with Gasteiger partial charge in [-0.15, -0.1) is 11.8 Å². The van der Waals surface area contributed by atoms with Gasteiger partial charge in [-0.25, -0.2) is 4.39 Å². The smallest absolute Gasteiger partial charge is 0.258 e. The Hall–Kier alpha value is -1.10. The molecule has 3 nitrogen and oxygen atoms in total. The number of thioether (sulfide) groups is 1. The summed E-state index contributed by atoms with van der Waals surface area (Å²) in [6.45, 7) is 2.06. The first-order chi connectivity index (χ1) is 7.13. The molecule has 0 spiro atoms. The lowest BCUT2D eigenvalue weighted by molar-refractivity contribution is -0.385. The fourth-order valence-corrected chi connectivity index (χ4v) is 2.14.